The second-order valence-corrected chi connectivity index (χ2v) is 8.24. The van der Waals surface area contributed by atoms with Gasteiger partial charge in [-0.3, -0.25) is 0 Å². The predicted octanol–water partition coefficient (Wildman–Crippen LogP) is 5.02. The molecule has 0 N–H and O–H groups in total. The van der Waals surface area contributed by atoms with Crippen LogP contribution < -0.4 is 9.47 Å². The van der Waals surface area contributed by atoms with Crippen molar-refractivity contribution in [2.45, 2.75) is 38.4 Å². The molecule has 146 valence electrons. The number of benzene rings is 2. The second kappa shape index (κ2) is 8.23. The van der Waals surface area contributed by atoms with Crippen LogP contribution in [0.5, 0.6) is 11.5 Å². The van der Waals surface area contributed by atoms with Crippen molar-refractivity contribution in [2.75, 3.05) is 6.26 Å². The Morgan fingerprint density at radius 2 is 1.46 bits per heavy atom. The third kappa shape index (κ3) is 3.85. The molecule has 4 nitrogen and oxygen atoms in total. The highest BCUT2D eigenvalue weighted by molar-refractivity contribution is 7.99. The van der Waals surface area contributed by atoms with Gasteiger partial charge in [0.15, 0.2) is 0 Å². The van der Waals surface area contributed by atoms with Gasteiger partial charge in [-0.1, -0.05) is 37.4 Å². The van der Waals surface area contributed by atoms with Gasteiger partial charge in [0.05, 0.1) is 0 Å². The number of carbonyl (C=O) groups excluding carboxylic acids is 2. The molecule has 3 rings (SSSR count). The van der Waals surface area contributed by atoms with Gasteiger partial charge in [-0.15, -0.1) is 0 Å². The Balaban J connectivity index is 2.27. The normalized spacial score (nSPS) is 15.6. The summed E-state index contributed by atoms with van der Waals surface area (Å²) in [5.74, 6) is 0.192. The van der Waals surface area contributed by atoms with E-state index in [0.29, 0.717) is 27.9 Å². The summed E-state index contributed by atoms with van der Waals surface area (Å²) < 4.78 is 11.5. The zero-order valence-corrected chi connectivity index (χ0v) is 17.3. The van der Waals surface area contributed by atoms with Crippen molar-refractivity contribution in [3.8, 4) is 11.5 Å². The molecular formula is C23H24O4S. The first kappa shape index (κ1) is 20.2. The Morgan fingerprint density at radius 3 is 1.93 bits per heavy atom. The maximum absolute atomic E-state index is 12.3. The third-order valence-corrected chi connectivity index (χ3v) is 5.97. The molecule has 0 aliphatic heterocycles. The Kier molecular flexibility index (Phi) is 5.94. The number of ether oxygens (including phenoxy) is 2. The molecule has 1 unspecified atom stereocenters. The molecule has 2 aromatic carbocycles. The molecule has 1 aliphatic rings. The molecule has 0 amide bonds. The minimum atomic E-state index is -0.453. The topological polar surface area (TPSA) is 52.6 Å². The average molecular weight is 397 g/mol. The van der Waals surface area contributed by atoms with E-state index < -0.39 is 11.9 Å². The number of esters is 2. The Bertz CT molecular complexity index is 990. The van der Waals surface area contributed by atoms with Gasteiger partial charge in [0.2, 0.25) is 0 Å². The standard InChI is InChI=1S/C23H24O4S/c1-13(2)22(24)26-20-16-8-6-7-9-17(16)21(27-23(25)14(3)4)19-12-15(28-5)10-11-18(19)20/h6-9,15H,1,3,10-12H2,2,4-5H3. The molecule has 1 aliphatic carbocycles. The van der Waals surface area contributed by atoms with E-state index in [9.17, 15) is 9.59 Å². The lowest BCUT2D eigenvalue weighted by molar-refractivity contribution is -0.131. The van der Waals surface area contributed by atoms with E-state index in [-0.39, 0.29) is 0 Å². The first-order chi connectivity index (χ1) is 13.3. The average Bonchev–Trinajstić information content (AvgIpc) is 2.69. The molecule has 0 heterocycles. The van der Waals surface area contributed by atoms with E-state index in [1.54, 1.807) is 25.6 Å². The van der Waals surface area contributed by atoms with Crippen LogP contribution in [0.1, 0.15) is 31.4 Å². The van der Waals surface area contributed by atoms with Crippen LogP contribution in [0.25, 0.3) is 10.8 Å². The van der Waals surface area contributed by atoms with Gasteiger partial charge in [-0.25, -0.2) is 9.59 Å². The van der Waals surface area contributed by atoms with Crippen molar-refractivity contribution >= 4 is 34.5 Å². The molecular weight excluding hydrogens is 372 g/mol. The smallest absolute Gasteiger partial charge is 0.338 e. The summed E-state index contributed by atoms with van der Waals surface area (Å²) in [6.07, 6.45) is 4.55. The van der Waals surface area contributed by atoms with Gasteiger partial charge in [0.25, 0.3) is 0 Å². The minimum absolute atomic E-state index is 0.341. The number of rotatable bonds is 5. The van der Waals surface area contributed by atoms with Gasteiger partial charge >= 0.3 is 11.9 Å². The maximum atomic E-state index is 12.3. The first-order valence-electron chi connectivity index (χ1n) is 9.18. The summed E-state index contributed by atoms with van der Waals surface area (Å²) >= 11 is 1.79. The molecule has 0 aromatic heterocycles. The van der Waals surface area contributed by atoms with Gasteiger partial charge in [-0.05, 0) is 39.4 Å². The van der Waals surface area contributed by atoms with Crippen molar-refractivity contribution in [3.05, 3.63) is 59.7 Å². The van der Waals surface area contributed by atoms with Crippen LogP contribution in [-0.2, 0) is 22.4 Å². The van der Waals surface area contributed by atoms with Crippen LogP contribution in [-0.4, -0.2) is 23.4 Å². The number of hydrogen-bond acceptors (Lipinski definition) is 5. The van der Waals surface area contributed by atoms with Crippen LogP contribution in [0.3, 0.4) is 0 Å². The van der Waals surface area contributed by atoms with E-state index in [2.05, 4.69) is 19.4 Å². The van der Waals surface area contributed by atoms with E-state index in [0.717, 1.165) is 41.2 Å². The lowest BCUT2D eigenvalue weighted by Crippen LogP contribution is -2.21. The highest BCUT2D eigenvalue weighted by Gasteiger charge is 2.29. The van der Waals surface area contributed by atoms with E-state index in [4.69, 9.17) is 9.47 Å². The number of hydrogen-bond donors (Lipinski definition) is 0. The van der Waals surface area contributed by atoms with Crippen molar-refractivity contribution in [3.63, 3.8) is 0 Å². The molecule has 0 spiro atoms. The van der Waals surface area contributed by atoms with Crippen LogP contribution in [0.15, 0.2) is 48.6 Å². The van der Waals surface area contributed by atoms with E-state index >= 15 is 0 Å². The predicted molar refractivity (Wildman–Crippen MR) is 114 cm³/mol. The number of fused-ring (bicyclic) bond motifs is 2. The maximum Gasteiger partial charge on any atom is 0.338 e. The highest BCUT2D eigenvalue weighted by Crippen LogP contribution is 2.45. The van der Waals surface area contributed by atoms with Crippen molar-refractivity contribution < 1.29 is 19.1 Å². The third-order valence-electron chi connectivity index (χ3n) is 4.90. The van der Waals surface area contributed by atoms with Gasteiger partial charge < -0.3 is 9.47 Å². The van der Waals surface area contributed by atoms with Gasteiger partial charge in [0.1, 0.15) is 11.5 Å². The molecule has 5 heteroatoms. The van der Waals surface area contributed by atoms with Crippen LogP contribution in [0.4, 0.5) is 0 Å². The Hall–Kier alpha value is -2.53. The highest BCUT2D eigenvalue weighted by atomic mass is 32.2. The monoisotopic (exact) mass is 396 g/mol. The van der Waals surface area contributed by atoms with E-state index in [1.807, 2.05) is 24.3 Å². The fourth-order valence-electron chi connectivity index (χ4n) is 3.39. The summed E-state index contributed by atoms with van der Waals surface area (Å²) in [5, 5.41) is 1.92. The molecule has 0 saturated carbocycles. The van der Waals surface area contributed by atoms with Crippen LogP contribution in [0.2, 0.25) is 0 Å². The molecule has 0 saturated heterocycles. The first-order valence-corrected chi connectivity index (χ1v) is 10.5. The lowest BCUT2D eigenvalue weighted by Gasteiger charge is -2.28. The summed E-state index contributed by atoms with van der Waals surface area (Å²) in [6, 6.07) is 7.53. The molecule has 0 radical (unpaired) electrons. The summed E-state index contributed by atoms with van der Waals surface area (Å²) in [4.78, 5) is 24.6. The SMILES string of the molecule is C=C(C)C(=O)Oc1c2c(c(OC(=O)C(=C)C)c3ccccc13)CC(SC)CC2. The second-order valence-electron chi connectivity index (χ2n) is 7.10. The van der Waals surface area contributed by atoms with Crippen LogP contribution >= 0.6 is 11.8 Å². The largest absolute Gasteiger partial charge is 0.422 e. The van der Waals surface area contributed by atoms with Gasteiger partial charge in [0, 0.05) is 38.3 Å². The van der Waals surface area contributed by atoms with Crippen molar-refractivity contribution in [1.29, 1.82) is 0 Å². The Morgan fingerprint density at radius 1 is 0.964 bits per heavy atom. The van der Waals surface area contributed by atoms with Crippen molar-refractivity contribution in [2.24, 2.45) is 0 Å². The number of thioether (sulfide) groups is 1. The summed E-state index contributed by atoms with van der Waals surface area (Å²) in [6.45, 7) is 10.6. The fourth-order valence-corrected chi connectivity index (χ4v) is 4.07. The molecule has 2 aromatic rings. The summed E-state index contributed by atoms with van der Waals surface area (Å²) in [5.41, 5.74) is 2.55. The van der Waals surface area contributed by atoms with Crippen LogP contribution in [0, 0.1) is 0 Å². The lowest BCUT2D eigenvalue weighted by atomic mass is 9.86. The Labute approximate surface area is 169 Å². The molecule has 1 atom stereocenters. The molecule has 28 heavy (non-hydrogen) atoms. The molecule has 0 bridgehead atoms. The quantitative estimate of drug-likeness (QED) is 0.403. The van der Waals surface area contributed by atoms with Crippen molar-refractivity contribution in [1.82, 2.24) is 0 Å². The van der Waals surface area contributed by atoms with Gasteiger partial charge in [-0.2, -0.15) is 11.8 Å². The zero-order chi connectivity index (χ0) is 20.4. The van der Waals surface area contributed by atoms with E-state index in [1.165, 1.54) is 0 Å². The zero-order valence-electron chi connectivity index (χ0n) is 16.5. The fraction of sp³-hybridized carbons (Fsp3) is 0.304. The number of carbonyl (C=O) groups is 2. The summed E-state index contributed by atoms with van der Waals surface area (Å²) in [7, 11) is 0. The molecule has 0 fully saturated rings. The minimum Gasteiger partial charge on any atom is -0.422 e.